The van der Waals surface area contributed by atoms with Crippen molar-refractivity contribution in [2.75, 3.05) is 0 Å². The van der Waals surface area contributed by atoms with Crippen molar-refractivity contribution in [1.29, 1.82) is 0 Å². The zero-order chi connectivity index (χ0) is 17.5. The highest BCUT2D eigenvalue weighted by atomic mass is 16.5. The molecular weight excluding hydrogens is 312 g/mol. The minimum absolute atomic E-state index is 0.206. The maximum atomic E-state index is 12.3. The van der Waals surface area contributed by atoms with Crippen LogP contribution in [0, 0.1) is 0 Å². The van der Waals surface area contributed by atoms with Crippen molar-refractivity contribution in [2.45, 2.75) is 58.0 Å². The number of rotatable bonds is 4. The number of nitrogens with one attached hydrogen (secondary N) is 1. The van der Waals surface area contributed by atoms with Gasteiger partial charge in [-0.05, 0) is 55.5 Å². The molecule has 2 aromatic rings. The molecule has 1 fully saturated rings. The van der Waals surface area contributed by atoms with Gasteiger partial charge in [-0.25, -0.2) is 5.43 Å². The summed E-state index contributed by atoms with van der Waals surface area (Å²) in [6.07, 6.45) is 7.55. The van der Waals surface area contributed by atoms with Crippen LogP contribution in [0.4, 0.5) is 0 Å². The van der Waals surface area contributed by atoms with Crippen molar-refractivity contribution in [3.8, 4) is 5.75 Å². The Kier molecular flexibility index (Phi) is 6.04. The monoisotopic (exact) mass is 338 g/mol. The SMILES string of the molecule is CC(Oc1ccc2ccccc2c1)C(=O)NN=C1CCCCCCC1. The van der Waals surface area contributed by atoms with Gasteiger partial charge in [0.05, 0.1) is 0 Å². The Bertz CT molecular complexity index is 744. The average Bonchev–Trinajstić information content (AvgIpc) is 2.60. The molecule has 2 aromatic carbocycles. The Morgan fingerprint density at radius 1 is 1.00 bits per heavy atom. The van der Waals surface area contributed by atoms with Crippen LogP contribution < -0.4 is 10.2 Å². The molecule has 4 nitrogen and oxygen atoms in total. The van der Waals surface area contributed by atoms with E-state index in [1.165, 1.54) is 19.3 Å². The van der Waals surface area contributed by atoms with E-state index in [1.54, 1.807) is 6.92 Å². The van der Waals surface area contributed by atoms with Crippen molar-refractivity contribution in [3.63, 3.8) is 0 Å². The molecule has 1 atom stereocenters. The summed E-state index contributed by atoms with van der Waals surface area (Å²) >= 11 is 0. The van der Waals surface area contributed by atoms with Crippen molar-refractivity contribution >= 4 is 22.4 Å². The minimum atomic E-state index is -0.584. The molecule has 1 unspecified atom stereocenters. The molecule has 0 radical (unpaired) electrons. The molecule has 0 aromatic heterocycles. The van der Waals surface area contributed by atoms with E-state index in [0.717, 1.165) is 42.2 Å². The molecule has 1 N–H and O–H groups in total. The fourth-order valence-electron chi connectivity index (χ4n) is 3.15. The first-order valence-corrected chi connectivity index (χ1v) is 9.23. The molecule has 0 saturated heterocycles. The van der Waals surface area contributed by atoms with Crippen molar-refractivity contribution < 1.29 is 9.53 Å². The number of carbonyl (C=O) groups is 1. The van der Waals surface area contributed by atoms with Crippen LogP contribution in [0.15, 0.2) is 47.6 Å². The summed E-state index contributed by atoms with van der Waals surface area (Å²) < 4.78 is 5.79. The molecule has 1 aliphatic rings. The van der Waals surface area contributed by atoms with Gasteiger partial charge in [0.15, 0.2) is 6.10 Å². The number of hydrogen-bond acceptors (Lipinski definition) is 3. The van der Waals surface area contributed by atoms with Gasteiger partial charge in [-0.3, -0.25) is 4.79 Å². The minimum Gasteiger partial charge on any atom is -0.481 e. The smallest absolute Gasteiger partial charge is 0.280 e. The van der Waals surface area contributed by atoms with Gasteiger partial charge in [0.1, 0.15) is 5.75 Å². The lowest BCUT2D eigenvalue weighted by Crippen LogP contribution is -2.34. The first-order chi connectivity index (χ1) is 12.2. The molecule has 3 rings (SSSR count). The van der Waals surface area contributed by atoms with Gasteiger partial charge < -0.3 is 4.74 Å². The maximum absolute atomic E-state index is 12.3. The second kappa shape index (κ2) is 8.65. The Morgan fingerprint density at radius 3 is 2.44 bits per heavy atom. The fraction of sp³-hybridized carbons (Fsp3) is 0.429. The van der Waals surface area contributed by atoms with Crippen LogP contribution in [0.5, 0.6) is 5.75 Å². The van der Waals surface area contributed by atoms with E-state index in [0.29, 0.717) is 5.75 Å². The van der Waals surface area contributed by atoms with E-state index in [-0.39, 0.29) is 5.91 Å². The Balaban J connectivity index is 1.57. The summed E-state index contributed by atoms with van der Waals surface area (Å²) in [4.78, 5) is 12.3. The summed E-state index contributed by atoms with van der Waals surface area (Å²) in [6, 6.07) is 13.9. The maximum Gasteiger partial charge on any atom is 0.280 e. The summed E-state index contributed by atoms with van der Waals surface area (Å²) in [5.41, 5.74) is 3.78. The number of hydrogen-bond donors (Lipinski definition) is 1. The number of hydrazone groups is 1. The number of fused-ring (bicyclic) bond motifs is 1. The molecule has 0 aliphatic heterocycles. The van der Waals surface area contributed by atoms with Gasteiger partial charge in [-0.2, -0.15) is 5.10 Å². The quantitative estimate of drug-likeness (QED) is 0.812. The molecule has 132 valence electrons. The van der Waals surface area contributed by atoms with E-state index in [1.807, 2.05) is 36.4 Å². The van der Waals surface area contributed by atoms with Crippen LogP contribution in [-0.2, 0) is 4.79 Å². The molecular formula is C21H26N2O2. The van der Waals surface area contributed by atoms with E-state index < -0.39 is 6.10 Å². The van der Waals surface area contributed by atoms with E-state index >= 15 is 0 Å². The van der Waals surface area contributed by atoms with Crippen LogP contribution in [0.3, 0.4) is 0 Å². The molecule has 25 heavy (non-hydrogen) atoms. The van der Waals surface area contributed by atoms with Crippen LogP contribution in [0.1, 0.15) is 51.9 Å². The molecule has 4 heteroatoms. The van der Waals surface area contributed by atoms with Crippen molar-refractivity contribution in [3.05, 3.63) is 42.5 Å². The number of amides is 1. The summed E-state index contributed by atoms with van der Waals surface area (Å²) in [7, 11) is 0. The Labute approximate surface area is 149 Å². The van der Waals surface area contributed by atoms with Gasteiger partial charge in [-0.1, -0.05) is 49.6 Å². The standard InChI is InChI=1S/C21H26N2O2/c1-16(21(24)23-22-19-11-5-3-2-4-6-12-19)25-20-14-13-17-9-7-8-10-18(17)15-20/h7-10,13-16H,2-6,11-12H2,1H3,(H,23,24). The normalized spacial score (nSPS) is 16.6. The third kappa shape index (κ3) is 5.05. The fourth-order valence-corrected chi connectivity index (χ4v) is 3.15. The summed E-state index contributed by atoms with van der Waals surface area (Å²) in [5.74, 6) is 0.489. The highest BCUT2D eigenvalue weighted by molar-refractivity contribution is 5.87. The van der Waals surface area contributed by atoms with Crippen LogP contribution in [-0.4, -0.2) is 17.7 Å². The highest BCUT2D eigenvalue weighted by Crippen LogP contribution is 2.21. The highest BCUT2D eigenvalue weighted by Gasteiger charge is 2.15. The predicted octanol–water partition coefficient (Wildman–Crippen LogP) is 4.82. The molecule has 1 saturated carbocycles. The van der Waals surface area contributed by atoms with Crippen LogP contribution in [0.2, 0.25) is 0 Å². The third-order valence-electron chi connectivity index (χ3n) is 4.66. The molecule has 0 bridgehead atoms. The van der Waals surface area contributed by atoms with Crippen molar-refractivity contribution in [1.82, 2.24) is 5.43 Å². The molecule has 1 aliphatic carbocycles. The van der Waals surface area contributed by atoms with Gasteiger partial charge in [-0.15, -0.1) is 0 Å². The second-order valence-electron chi connectivity index (χ2n) is 6.69. The first kappa shape index (κ1) is 17.5. The van der Waals surface area contributed by atoms with Crippen LogP contribution >= 0.6 is 0 Å². The number of carbonyl (C=O) groups excluding carboxylic acids is 1. The van der Waals surface area contributed by atoms with Gasteiger partial charge in [0.25, 0.3) is 5.91 Å². The number of nitrogens with zero attached hydrogens (tertiary/aromatic N) is 1. The van der Waals surface area contributed by atoms with E-state index in [2.05, 4.69) is 16.6 Å². The van der Waals surface area contributed by atoms with Crippen LogP contribution in [0.25, 0.3) is 10.8 Å². The number of benzene rings is 2. The molecule has 1 amide bonds. The zero-order valence-electron chi connectivity index (χ0n) is 14.8. The topological polar surface area (TPSA) is 50.7 Å². The van der Waals surface area contributed by atoms with Gasteiger partial charge in [0, 0.05) is 5.71 Å². The molecule has 0 heterocycles. The predicted molar refractivity (Wildman–Crippen MR) is 102 cm³/mol. The number of ether oxygens (including phenoxy) is 1. The molecule has 0 spiro atoms. The lowest BCUT2D eigenvalue weighted by Gasteiger charge is -2.15. The van der Waals surface area contributed by atoms with E-state index in [4.69, 9.17) is 4.74 Å². The summed E-state index contributed by atoms with van der Waals surface area (Å²) in [6.45, 7) is 1.75. The lowest BCUT2D eigenvalue weighted by molar-refractivity contribution is -0.127. The average molecular weight is 338 g/mol. The van der Waals surface area contributed by atoms with Gasteiger partial charge >= 0.3 is 0 Å². The van der Waals surface area contributed by atoms with E-state index in [9.17, 15) is 4.79 Å². The Hall–Kier alpha value is -2.36. The largest absolute Gasteiger partial charge is 0.481 e. The van der Waals surface area contributed by atoms with Crippen molar-refractivity contribution in [2.24, 2.45) is 5.10 Å². The first-order valence-electron chi connectivity index (χ1n) is 9.23. The third-order valence-corrected chi connectivity index (χ3v) is 4.66. The zero-order valence-corrected chi connectivity index (χ0v) is 14.8. The summed E-state index contributed by atoms with van der Waals surface area (Å²) in [5, 5.41) is 6.59. The van der Waals surface area contributed by atoms with Gasteiger partial charge in [0.2, 0.25) is 0 Å². The Morgan fingerprint density at radius 2 is 1.68 bits per heavy atom. The second-order valence-corrected chi connectivity index (χ2v) is 6.69. The lowest BCUT2D eigenvalue weighted by atomic mass is 9.99.